The van der Waals surface area contributed by atoms with Crippen molar-refractivity contribution in [1.82, 2.24) is 4.72 Å². The highest BCUT2D eigenvalue weighted by Gasteiger charge is 2.25. The molecule has 9 heteroatoms. The van der Waals surface area contributed by atoms with Crippen LogP contribution in [0.3, 0.4) is 0 Å². The van der Waals surface area contributed by atoms with Gasteiger partial charge in [0.05, 0.1) is 30.9 Å². The molecule has 174 valence electrons. The Morgan fingerprint density at radius 3 is 2.53 bits per heavy atom. The van der Waals surface area contributed by atoms with E-state index in [4.69, 9.17) is 14.2 Å². The van der Waals surface area contributed by atoms with Crippen molar-refractivity contribution in [3.8, 4) is 11.5 Å². The molecule has 0 bridgehead atoms. The van der Waals surface area contributed by atoms with E-state index >= 15 is 0 Å². The minimum Gasteiger partial charge on any atom is -0.490 e. The topological polar surface area (TPSA) is 94.2 Å². The van der Waals surface area contributed by atoms with E-state index in [1.807, 2.05) is 32.0 Å². The lowest BCUT2D eigenvalue weighted by atomic mass is 10.0. The summed E-state index contributed by atoms with van der Waals surface area (Å²) in [5, 5.41) is 0. The minimum atomic E-state index is -3.68. The molecule has 0 saturated carbocycles. The first kappa shape index (κ1) is 23.9. The third-order valence-corrected chi connectivity index (χ3v) is 6.65. The third kappa shape index (κ3) is 5.52. The average Bonchev–Trinajstić information content (AvgIpc) is 2.79. The van der Waals surface area contributed by atoms with Crippen molar-refractivity contribution in [1.29, 1.82) is 0 Å². The lowest BCUT2D eigenvalue weighted by Gasteiger charge is -2.28. The van der Waals surface area contributed by atoms with Crippen LogP contribution >= 0.6 is 0 Å². The zero-order valence-corrected chi connectivity index (χ0v) is 19.5. The van der Waals surface area contributed by atoms with Gasteiger partial charge in [-0.05, 0) is 74.6 Å². The predicted molar refractivity (Wildman–Crippen MR) is 122 cm³/mol. The smallest absolute Gasteiger partial charge is 0.414 e. The van der Waals surface area contributed by atoms with Crippen LogP contribution in [0.15, 0.2) is 41.3 Å². The molecule has 1 aliphatic rings. The van der Waals surface area contributed by atoms with Gasteiger partial charge < -0.3 is 14.2 Å². The highest BCUT2D eigenvalue weighted by atomic mass is 32.2. The highest BCUT2D eigenvalue weighted by molar-refractivity contribution is 7.89. The Morgan fingerprint density at radius 2 is 1.81 bits per heavy atom. The maximum Gasteiger partial charge on any atom is 0.414 e. The zero-order chi connectivity index (χ0) is 23.1. The summed E-state index contributed by atoms with van der Waals surface area (Å²) in [5.41, 5.74) is 2.45. The van der Waals surface area contributed by atoms with Gasteiger partial charge in [-0.15, -0.1) is 0 Å². The Bertz CT molecular complexity index is 1050. The van der Waals surface area contributed by atoms with E-state index in [0.717, 1.165) is 17.5 Å². The molecule has 1 amide bonds. The number of nitrogens with one attached hydrogen (secondary N) is 1. The van der Waals surface area contributed by atoms with Crippen LogP contribution in [0.25, 0.3) is 0 Å². The van der Waals surface area contributed by atoms with Crippen LogP contribution in [0.1, 0.15) is 31.4 Å². The summed E-state index contributed by atoms with van der Waals surface area (Å²) in [6.07, 6.45) is 1.52. The highest BCUT2D eigenvalue weighted by Crippen LogP contribution is 2.30. The summed E-state index contributed by atoms with van der Waals surface area (Å²) in [6, 6.07) is 10.4. The fourth-order valence-electron chi connectivity index (χ4n) is 3.70. The second-order valence-electron chi connectivity index (χ2n) is 7.31. The molecule has 0 radical (unpaired) electrons. The van der Waals surface area contributed by atoms with Crippen LogP contribution in [-0.2, 0) is 27.6 Å². The van der Waals surface area contributed by atoms with Crippen molar-refractivity contribution in [2.45, 2.75) is 38.0 Å². The van der Waals surface area contributed by atoms with Crippen molar-refractivity contribution in [2.24, 2.45) is 0 Å². The molecule has 0 unspecified atom stereocenters. The number of methoxy groups -OCH3 is 1. The Hall–Kier alpha value is -2.78. The van der Waals surface area contributed by atoms with E-state index < -0.39 is 16.1 Å². The van der Waals surface area contributed by atoms with Crippen molar-refractivity contribution in [3.63, 3.8) is 0 Å². The SMILES string of the molecule is CCOc1ccc(CCNS(=O)(=O)c2ccc3c(c2)CCCN3C(=O)OC)cc1OCC. The molecular weight excluding hydrogens is 432 g/mol. The molecule has 1 aliphatic heterocycles. The van der Waals surface area contributed by atoms with E-state index in [0.29, 0.717) is 49.8 Å². The van der Waals surface area contributed by atoms with Crippen LogP contribution < -0.4 is 19.1 Å². The lowest BCUT2D eigenvalue weighted by molar-refractivity contribution is 0.178. The molecule has 0 fully saturated rings. The Kier molecular flexibility index (Phi) is 7.98. The molecule has 2 aromatic rings. The molecule has 0 saturated heterocycles. The van der Waals surface area contributed by atoms with Crippen LogP contribution in [0, 0.1) is 0 Å². The summed E-state index contributed by atoms with van der Waals surface area (Å²) >= 11 is 0. The number of sulfonamides is 1. The Labute approximate surface area is 189 Å². The summed E-state index contributed by atoms with van der Waals surface area (Å²) in [5.74, 6) is 1.33. The van der Waals surface area contributed by atoms with Crippen LogP contribution in [0.4, 0.5) is 10.5 Å². The summed E-state index contributed by atoms with van der Waals surface area (Å²) in [7, 11) is -2.35. The van der Waals surface area contributed by atoms with Gasteiger partial charge in [-0.3, -0.25) is 4.90 Å². The zero-order valence-electron chi connectivity index (χ0n) is 18.7. The number of rotatable bonds is 9. The van der Waals surface area contributed by atoms with Crippen LogP contribution in [-0.4, -0.2) is 47.9 Å². The summed E-state index contributed by atoms with van der Waals surface area (Å²) < 4.78 is 44.3. The first-order chi connectivity index (χ1) is 15.4. The standard InChI is InChI=1S/C23H30N2O6S/c1-4-30-21-11-8-17(15-22(21)31-5-2)12-13-24-32(27,28)19-9-10-20-18(16-19)7-6-14-25(20)23(26)29-3/h8-11,15-16,24H,4-7,12-14H2,1-3H3. The molecular formula is C23H30N2O6S. The van der Waals surface area contributed by atoms with Gasteiger partial charge >= 0.3 is 6.09 Å². The molecule has 0 atom stereocenters. The quantitative estimate of drug-likeness (QED) is 0.613. The largest absolute Gasteiger partial charge is 0.490 e. The van der Waals surface area contributed by atoms with Gasteiger partial charge in [-0.1, -0.05) is 6.07 Å². The van der Waals surface area contributed by atoms with Crippen LogP contribution in [0.5, 0.6) is 11.5 Å². The second kappa shape index (κ2) is 10.7. The number of nitrogens with zero attached hydrogens (tertiary/aromatic N) is 1. The number of amides is 1. The second-order valence-corrected chi connectivity index (χ2v) is 9.08. The third-order valence-electron chi connectivity index (χ3n) is 5.19. The maximum absolute atomic E-state index is 12.8. The van der Waals surface area contributed by atoms with Gasteiger partial charge in [0.2, 0.25) is 10.0 Å². The fraction of sp³-hybridized carbons (Fsp3) is 0.435. The van der Waals surface area contributed by atoms with Gasteiger partial charge in [0.15, 0.2) is 11.5 Å². The van der Waals surface area contributed by atoms with Gasteiger partial charge in [-0.25, -0.2) is 17.9 Å². The van der Waals surface area contributed by atoms with Gasteiger partial charge in [0.25, 0.3) is 0 Å². The molecule has 0 aliphatic carbocycles. The first-order valence-corrected chi connectivity index (χ1v) is 12.2. The molecule has 1 heterocycles. The number of fused-ring (bicyclic) bond motifs is 1. The van der Waals surface area contributed by atoms with Crippen molar-refractivity contribution >= 4 is 21.8 Å². The van der Waals surface area contributed by atoms with Crippen molar-refractivity contribution < 1.29 is 27.4 Å². The Morgan fingerprint density at radius 1 is 1.06 bits per heavy atom. The van der Waals surface area contributed by atoms with E-state index in [2.05, 4.69) is 4.72 Å². The molecule has 0 spiro atoms. The van der Waals surface area contributed by atoms with E-state index in [-0.39, 0.29) is 11.4 Å². The molecule has 0 aromatic heterocycles. The van der Waals surface area contributed by atoms with E-state index in [9.17, 15) is 13.2 Å². The number of hydrogen-bond donors (Lipinski definition) is 1. The van der Waals surface area contributed by atoms with Crippen molar-refractivity contribution in [2.75, 3.05) is 38.3 Å². The summed E-state index contributed by atoms with van der Waals surface area (Å²) in [4.78, 5) is 13.7. The van der Waals surface area contributed by atoms with Gasteiger partial charge in [-0.2, -0.15) is 0 Å². The van der Waals surface area contributed by atoms with E-state index in [1.54, 1.807) is 12.1 Å². The lowest BCUT2D eigenvalue weighted by Crippen LogP contribution is -2.35. The van der Waals surface area contributed by atoms with E-state index in [1.165, 1.54) is 18.1 Å². The first-order valence-electron chi connectivity index (χ1n) is 10.8. The van der Waals surface area contributed by atoms with Crippen molar-refractivity contribution in [3.05, 3.63) is 47.5 Å². The number of benzene rings is 2. The molecule has 8 nitrogen and oxygen atoms in total. The number of anilines is 1. The molecule has 2 aromatic carbocycles. The number of carbonyl (C=O) groups excluding carboxylic acids is 1. The van der Waals surface area contributed by atoms with Crippen LogP contribution in [0.2, 0.25) is 0 Å². The van der Waals surface area contributed by atoms with Gasteiger partial charge in [0, 0.05) is 13.1 Å². The molecule has 1 N–H and O–H groups in total. The van der Waals surface area contributed by atoms with Gasteiger partial charge in [0.1, 0.15) is 0 Å². The summed E-state index contributed by atoms with van der Waals surface area (Å²) in [6.45, 7) is 5.66. The minimum absolute atomic E-state index is 0.185. The number of carbonyl (C=O) groups is 1. The molecule has 3 rings (SSSR count). The number of aryl methyl sites for hydroxylation is 1. The number of ether oxygens (including phenoxy) is 3. The Balaban J connectivity index is 1.68. The maximum atomic E-state index is 12.8. The number of hydrogen-bond acceptors (Lipinski definition) is 6. The monoisotopic (exact) mass is 462 g/mol. The fourth-order valence-corrected chi connectivity index (χ4v) is 4.79. The average molecular weight is 463 g/mol. The predicted octanol–water partition coefficient (Wildman–Crippen LogP) is 3.52. The molecule has 32 heavy (non-hydrogen) atoms. The normalized spacial score (nSPS) is 13.4.